The average molecular weight is 274 g/mol. The van der Waals surface area contributed by atoms with Gasteiger partial charge in [-0.2, -0.15) is 0 Å². The van der Waals surface area contributed by atoms with Crippen molar-refractivity contribution < 1.29 is 9.53 Å². The molecule has 5 heteroatoms. The summed E-state index contributed by atoms with van der Waals surface area (Å²) in [7, 11) is 0. The average Bonchev–Trinajstić information content (AvgIpc) is 2.45. The summed E-state index contributed by atoms with van der Waals surface area (Å²) in [4.78, 5) is 31.0. The van der Waals surface area contributed by atoms with E-state index in [1.807, 2.05) is 19.9 Å². The number of H-pyrrole nitrogens is 1. The van der Waals surface area contributed by atoms with Gasteiger partial charge in [-0.1, -0.05) is 13.8 Å². The number of nitrogens with zero attached hydrogens (tertiary/aromatic N) is 1. The minimum absolute atomic E-state index is 0.0279. The van der Waals surface area contributed by atoms with E-state index >= 15 is 0 Å². The van der Waals surface area contributed by atoms with E-state index in [9.17, 15) is 9.59 Å². The van der Waals surface area contributed by atoms with Crippen molar-refractivity contribution in [1.82, 2.24) is 9.97 Å². The lowest BCUT2D eigenvalue weighted by Crippen LogP contribution is -2.20. The Morgan fingerprint density at radius 2 is 2.00 bits per heavy atom. The Morgan fingerprint density at radius 1 is 1.25 bits per heavy atom. The zero-order valence-corrected chi connectivity index (χ0v) is 11.9. The van der Waals surface area contributed by atoms with Crippen LogP contribution in [0.1, 0.15) is 42.5 Å². The molecule has 106 valence electrons. The van der Waals surface area contributed by atoms with Crippen LogP contribution in [0.4, 0.5) is 0 Å². The van der Waals surface area contributed by atoms with E-state index in [0.717, 1.165) is 29.6 Å². The molecule has 0 saturated carbocycles. The topological polar surface area (TPSA) is 72.0 Å². The normalized spacial score (nSPS) is 10.8. The summed E-state index contributed by atoms with van der Waals surface area (Å²) in [6.07, 6.45) is 1.53. The number of nitrogens with one attached hydrogen (secondary N) is 1. The van der Waals surface area contributed by atoms with Crippen LogP contribution < -0.4 is 5.56 Å². The number of hydrogen-bond donors (Lipinski definition) is 1. The van der Waals surface area contributed by atoms with Crippen molar-refractivity contribution in [2.75, 3.05) is 6.61 Å². The van der Waals surface area contributed by atoms with E-state index in [-0.39, 0.29) is 12.2 Å². The van der Waals surface area contributed by atoms with E-state index in [2.05, 4.69) is 9.97 Å². The molecule has 0 atom stereocenters. The van der Waals surface area contributed by atoms with E-state index in [4.69, 9.17) is 4.74 Å². The van der Waals surface area contributed by atoms with Crippen LogP contribution in [0, 0.1) is 0 Å². The maximum absolute atomic E-state index is 12.0. The van der Waals surface area contributed by atoms with Crippen molar-refractivity contribution in [2.24, 2.45) is 0 Å². The van der Waals surface area contributed by atoms with Gasteiger partial charge < -0.3 is 9.72 Å². The first-order valence-electron chi connectivity index (χ1n) is 6.83. The monoisotopic (exact) mass is 274 g/mol. The number of carbonyl (C=O) groups excluding carboxylic acids is 1. The van der Waals surface area contributed by atoms with Crippen LogP contribution >= 0.6 is 0 Å². The van der Waals surface area contributed by atoms with Crippen LogP contribution in [-0.4, -0.2) is 22.5 Å². The maximum Gasteiger partial charge on any atom is 0.343 e. The van der Waals surface area contributed by atoms with Crippen molar-refractivity contribution in [3.05, 3.63) is 39.4 Å². The van der Waals surface area contributed by atoms with Gasteiger partial charge in [-0.05, 0) is 31.9 Å². The third-order valence-electron chi connectivity index (χ3n) is 3.16. The van der Waals surface area contributed by atoms with E-state index in [1.165, 1.54) is 0 Å². The molecular formula is C15H18N2O3. The number of pyridine rings is 2. The number of aryl methyl sites for hydroxylation is 2. The lowest BCUT2D eigenvalue weighted by molar-refractivity contribution is 0.0524. The second-order valence-electron chi connectivity index (χ2n) is 4.46. The first-order chi connectivity index (χ1) is 9.60. The molecule has 0 aliphatic rings. The Morgan fingerprint density at radius 3 is 2.60 bits per heavy atom. The van der Waals surface area contributed by atoms with E-state index < -0.39 is 11.5 Å². The van der Waals surface area contributed by atoms with Crippen molar-refractivity contribution in [2.45, 2.75) is 33.6 Å². The highest BCUT2D eigenvalue weighted by Gasteiger charge is 2.15. The highest BCUT2D eigenvalue weighted by Crippen LogP contribution is 2.18. The predicted molar refractivity (Wildman–Crippen MR) is 77.1 cm³/mol. The van der Waals surface area contributed by atoms with Gasteiger partial charge in [-0.15, -0.1) is 0 Å². The van der Waals surface area contributed by atoms with Crippen LogP contribution in [0.5, 0.6) is 0 Å². The minimum atomic E-state index is -0.600. The van der Waals surface area contributed by atoms with Gasteiger partial charge in [0.1, 0.15) is 5.56 Å². The van der Waals surface area contributed by atoms with Crippen molar-refractivity contribution in [3.8, 4) is 0 Å². The van der Waals surface area contributed by atoms with Gasteiger partial charge in [-0.3, -0.25) is 9.78 Å². The lowest BCUT2D eigenvalue weighted by atomic mass is 10.1. The third-order valence-corrected chi connectivity index (χ3v) is 3.16. The maximum atomic E-state index is 12.0. The number of aromatic nitrogens is 2. The first-order valence-corrected chi connectivity index (χ1v) is 6.83. The second-order valence-corrected chi connectivity index (χ2v) is 4.46. The van der Waals surface area contributed by atoms with Gasteiger partial charge in [0.15, 0.2) is 0 Å². The van der Waals surface area contributed by atoms with E-state index in [1.54, 1.807) is 13.0 Å². The molecule has 1 N–H and O–H groups in total. The van der Waals surface area contributed by atoms with Gasteiger partial charge in [0.2, 0.25) is 0 Å². The van der Waals surface area contributed by atoms with Gasteiger partial charge in [0, 0.05) is 16.8 Å². The smallest absolute Gasteiger partial charge is 0.343 e. The molecule has 0 saturated heterocycles. The summed E-state index contributed by atoms with van der Waals surface area (Å²) in [6.45, 7) is 5.96. The zero-order valence-electron chi connectivity index (χ0n) is 11.9. The molecule has 0 unspecified atom stereocenters. The molecule has 2 heterocycles. The summed E-state index contributed by atoms with van der Waals surface area (Å²) in [5.74, 6) is -0.600. The third kappa shape index (κ3) is 2.57. The molecule has 0 spiro atoms. The number of hydrogen-bond acceptors (Lipinski definition) is 4. The number of aromatic amines is 1. The SMILES string of the molecule is CCOC(=O)c1cc2c(CC)nc(CC)cc2[nH]c1=O. The first kappa shape index (κ1) is 14.2. The Balaban J connectivity index is 2.69. The van der Waals surface area contributed by atoms with Crippen molar-refractivity contribution in [3.63, 3.8) is 0 Å². The molecule has 0 fully saturated rings. The van der Waals surface area contributed by atoms with Gasteiger partial charge in [-0.25, -0.2) is 4.79 Å². The van der Waals surface area contributed by atoms with E-state index in [0.29, 0.717) is 5.52 Å². The molecule has 5 nitrogen and oxygen atoms in total. The highest BCUT2D eigenvalue weighted by molar-refractivity contribution is 5.94. The molecule has 0 aromatic carbocycles. The lowest BCUT2D eigenvalue weighted by Gasteiger charge is -2.08. The summed E-state index contributed by atoms with van der Waals surface area (Å²) in [5.41, 5.74) is 2.12. The Kier molecular flexibility index (Phi) is 4.17. The predicted octanol–water partition coefficient (Wildman–Crippen LogP) is 2.22. The fourth-order valence-electron chi connectivity index (χ4n) is 2.14. The number of carbonyl (C=O) groups is 1. The molecule has 2 rings (SSSR count). The molecule has 20 heavy (non-hydrogen) atoms. The van der Waals surface area contributed by atoms with Crippen LogP contribution in [0.15, 0.2) is 16.9 Å². The quantitative estimate of drug-likeness (QED) is 0.868. The summed E-state index contributed by atoms with van der Waals surface area (Å²) >= 11 is 0. The summed E-state index contributed by atoms with van der Waals surface area (Å²) < 4.78 is 4.90. The second kappa shape index (κ2) is 5.86. The number of fused-ring (bicyclic) bond motifs is 1. The molecule has 2 aromatic heterocycles. The molecule has 0 aliphatic heterocycles. The number of rotatable bonds is 4. The van der Waals surface area contributed by atoms with Crippen LogP contribution in [-0.2, 0) is 17.6 Å². The highest BCUT2D eigenvalue weighted by atomic mass is 16.5. The molecular weight excluding hydrogens is 256 g/mol. The summed E-state index contributed by atoms with van der Waals surface area (Å²) in [6, 6.07) is 3.43. The van der Waals surface area contributed by atoms with Crippen LogP contribution in [0.25, 0.3) is 10.9 Å². The van der Waals surface area contributed by atoms with Gasteiger partial charge >= 0.3 is 5.97 Å². The molecule has 0 amide bonds. The molecule has 0 bridgehead atoms. The standard InChI is InChI=1S/C15H18N2O3/c1-4-9-7-13-10(12(5-2)16-9)8-11(14(18)17-13)15(19)20-6-3/h7-8H,4-6H2,1-3H3,(H,17,18). The Bertz CT molecular complexity index is 704. The number of esters is 1. The largest absolute Gasteiger partial charge is 0.462 e. The number of ether oxygens (including phenoxy) is 1. The van der Waals surface area contributed by atoms with Gasteiger partial charge in [0.05, 0.1) is 12.1 Å². The minimum Gasteiger partial charge on any atom is -0.462 e. The Labute approximate surface area is 117 Å². The van der Waals surface area contributed by atoms with Crippen LogP contribution in [0.3, 0.4) is 0 Å². The fraction of sp³-hybridized carbons (Fsp3) is 0.400. The fourth-order valence-corrected chi connectivity index (χ4v) is 2.14. The molecule has 0 radical (unpaired) electrons. The zero-order chi connectivity index (χ0) is 14.7. The molecule has 2 aromatic rings. The molecule has 0 aliphatic carbocycles. The van der Waals surface area contributed by atoms with Crippen molar-refractivity contribution >= 4 is 16.9 Å². The Hall–Kier alpha value is -2.17. The van der Waals surface area contributed by atoms with Crippen molar-refractivity contribution in [1.29, 1.82) is 0 Å². The summed E-state index contributed by atoms with van der Waals surface area (Å²) in [5, 5.41) is 0.798. The van der Waals surface area contributed by atoms with Crippen LogP contribution in [0.2, 0.25) is 0 Å². The van der Waals surface area contributed by atoms with Gasteiger partial charge in [0.25, 0.3) is 5.56 Å².